The van der Waals surface area contributed by atoms with Crippen LogP contribution in [-0.2, 0) is 0 Å². The van der Waals surface area contributed by atoms with E-state index in [1.54, 1.807) is 12.1 Å². The first-order chi connectivity index (χ1) is 15.5. The van der Waals surface area contributed by atoms with Crippen molar-refractivity contribution in [2.45, 2.75) is 84.0 Å². The first kappa shape index (κ1) is 23.5. The van der Waals surface area contributed by atoms with Gasteiger partial charge in [-0.1, -0.05) is 57.1 Å². The van der Waals surface area contributed by atoms with Crippen molar-refractivity contribution in [3.63, 3.8) is 0 Å². The van der Waals surface area contributed by atoms with Crippen LogP contribution in [0, 0.1) is 41.2 Å². The number of halogens is 2. The van der Waals surface area contributed by atoms with Gasteiger partial charge in [0.1, 0.15) is 0 Å². The van der Waals surface area contributed by atoms with Crippen molar-refractivity contribution in [2.75, 3.05) is 6.61 Å². The molecule has 2 unspecified atom stereocenters. The summed E-state index contributed by atoms with van der Waals surface area (Å²) < 4.78 is 35.2. The van der Waals surface area contributed by atoms with Crippen LogP contribution in [0.4, 0.5) is 8.78 Å². The van der Waals surface area contributed by atoms with Gasteiger partial charge in [-0.05, 0) is 98.5 Å². The van der Waals surface area contributed by atoms with E-state index in [1.165, 1.54) is 12.8 Å². The average Bonchev–Trinajstić information content (AvgIpc) is 2.81. The molecule has 2 atom stereocenters. The maximum absolute atomic E-state index is 14.8. The number of rotatable bonds is 6. The van der Waals surface area contributed by atoms with Gasteiger partial charge in [0.15, 0.2) is 11.6 Å². The average molecular weight is 443 g/mol. The third-order valence-electron chi connectivity index (χ3n) is 8.17. The molecule has 3 heteroatoms. The predicted molar refractivity (Wildman–Crippen MR) is 128 cm³/mol. The minimum Gasteiger partial charge on any atom is -0.490 e. The summed E-state index contributed by atoms with van der Waals surface area (Å²) in [6, 6.07) is 3.41. The largest absolute Gasteiger partial charge is 0.490 e. The monoisotopic (exact) mass is 442 g/mol. The van der Waals surface area contributed by atoms with Gasteiger partial charge in [0, 0.05) is 0 Å². The lowest BCUT2D eigenvalue weighted by atomic mass is 9.79. The minimum atomic E-state index is -0.799. The Balaban J connectivity index is 1.24. The molecule has 0 N–H and O–H groups in total. The van der Waals surface area contributed by atoms with E-state index in [-0.39, 0.29) is 11.7 Å². The number of benzene rings is 1. The molecule has 0 aromatic heterocycles. The van der Waals surface area contributed by atoms with Gasteiger partial charge in [-0.15, -0.1) is 0 Å². The molecule has 2 saturated carbocycles. The van der Waals surface area contributed by atoms with E-state index < -0.39 is 11.6 Å². The zero-order chi connectivity index (χ0) is 22.5. The summed E-state index contributed by atoms with van der Waals surface area (Å²) in [5.74, 6) is 1.82. The second kappa shape index (κ2) is 11.0. The number of hydrogen-bond donors (Lipinski definition) is 0. The summed E-state index contributed by atoms with van der Waals surface area (Å²) in [5, 5.41) is 0. The van der Waals surface area contributed by atoms with Gasteiger partial charge in [0.25, 0.3) is 0 Å². The number of hydrogen-bond acceptors (Lipinski definition) is 1. The molecule has 1 aromatic rings. The van der Waals surface area contributed by atoms with Gasteiger partial charge in [0.2, 0.25) is 5.82 Å². The van der Waals surface area contributed by atoms with Crippen LogP contribution in [0.2, 0.25) is 0 Å². The number of ether oxygens (including phenoxy) is 1. The Bertz CT molecular complexity index is 798. The SMILES string of the molecule is CC1C=CC(/C=C/C2CCC(COc3ccc(C4CCC(C)CC4)c(F)c3F)CC2)CC1. The molecule has 3 aliphatic rings. The summed E-state index contributed by atoms with van der Waals surface area (Å²) in [4.78, 5) is 0. The molecular weight excluding hydrogens is 402 g/mol. The van der Waals surface area contributed by atoms with Crippen LogP contribution in [0.15, 0.2) is 36.4 Å². The normalized spacial score (nSPS) is 33.5. The third kappa shape index (κ3) is 6.02. The molecule has 4 rings (SSSR count). The Kier molecular flexibility index (Phi) is 8.07. The first-order valence-corrected chi connectivity index (χ1v) is 13.0. The van der Waals surface area contributed by atoms with E-state index in [4.69, 9.17) is 4.74 Å². The molecule has 3 aliphatic carbocycles. The second-order valence-corrected chi connectivity index (χ2v) is 10.8. The molecule has 0 radical (unpaired) electrons. The number of allylic oxidation sites excluding steroid dienone is 4. The van der Waals surface area contributed by atoms with Gasteiger partial charge in [0.05, 0.1) is 6.61 Å². The highest BCUT2D eigenvalue weighted by Gasteiger charge is 2.26. The van der Waals surface area contributed by atoms with E-state index in [9.17, 15) is 8.78 Å². The Morgan fingerprint density at radius 2 is 1.56 bits per heavy atom. The van der Waals surface area contributed by atoms with Crippen molar-refractivity contribution in [2.24, 2.45) is 29.6 Å². The summed E-state index contributed by atoms with van der Waals surface area (Å²) in [7, 11) is 0. The van der Waals surface area contributed by atoms with Crippen LogP contribution in [0.1, 0.15) is 89.5 Å². The highest BCUT2D eigenvalue weighted by molar-refractivity contribution is 5.33. The molecule has 0 aliphatic heterocycles. The van der Waals surface area contributed by atoms with Crippen LogP contribution >= 0.6 is 0 Å². The fourth-order valence-electron chi connectivity index (χ4n) is 5.74. The van der Waals surface area contributed by atoms with Crippen LogP contribution in [0.3, 0.4) is 0 Å². The van der Waals surface area contributed by atoms with Crippen molar-refractivity contribution in [1.29, 1.82) is 0 Å². The zero-order valence-corrected chi connectivity index (χ0v) is 19.9. The summed E-state index contributed by atoms with van der Waals surface area (Å²) in [6.45, 7) is 5.00. The summed E-state index contributed by atoms with van der Waals surface area (Å²) in [5.41, 5.74) is 0.538. The van der Waals surface area contributed by atoms with Crippen LogP contribution in [0.5, 0.6) is 5.75 Å². The summed E-state index contributed by atoms with van der Waals surface area (Å²) in [6.07, 6.45) is 20.7. The van der Waals surface area contributed by atoms with Crippen molar-refractivity contribution in [1.82, 2.24) is 0 Å². The lowest BCUT2D eigenvalue weighted by Gasteiger charge is -2.28. The molecule has 1 nitrogen and oxygen atoms in total. The standard InChI is InChI=1S/C29H40F2O/c1-20-3-7-22(8-4-20)9-10-23-11-13-24(14-12-23)19-32-27-18-17-26(28(30)29(27)31)25-15-5-21(2)6-16-25/h3,7,9-10,17-18,20-25H,4-6,8,11-16,19H2,1-2H3/b10-9+. The third-order valence-corrected chi connectivity index (χ3v) is 8.17. The fourth-order valence-corrected chi connectivity index (χ4v) is 5.74. The lowest BCUT2D eigenvalue weighted by molar-refractivity contribution is 0.187. The molecule has 0 heterocycles. The van der Waals surface area contributed by atoms with Gasteiger partial charge in [-0.3, -0.25) is 0 Å². The van der Waals surface area contributed by atoms with E-state index in [0.717, 1.165) is 57.3 Å². The molecule has 0 spiro atoms. The molecule has 0 saturated heterocycles. The van der Waals surface area contributed by atoms with E-state index in [2.05, 4.69) is 38.2 Å². The minimum absolute atomic E-state index is 0.0794. The van der Waals surface area contributed by atoms with E-state index in [0.29, 0.717) is 35.8 Å². The second-order valence-electron chi connectivity index (χ2n) is 10.8. The Hall–Kier alpha value is -1.64. The van der Waals surface area contributed by atoms with Crippen molar-refractivity contribution in [3.8, 4) is 5.75 Å². The van der Waals surface area contributed by atoms with Gasteiger partial charge in [-0.2, -0.15) is 4.39 Å². The summed E-state index contributed by atoms with van der Waals surface area (Å²) >= 11 is 0. The molecule has 1 aromatic carbocycles. The van der Waals surface area contributed by atoms with Gasteiger partial charge >= 0.3 is 0 Å². The maximum Gasteiger partial charge on any atom is 0.200 e. The van der Waals surface area contributed by atoms with Crippen LogP contribution in [-0.4, -0.2) is 6.61 Å². The van der Waals surface area contributed by atoms with E-state index >= 15 is 0 Å². The first-order valence-electron chi connectivity index (χ1n) is 13.0. The molecular formula is C29H40F2O. The molecule has 2 fully saturated rings. The molecule has 32 heavy (non-hydrogen) atoms. The van der Waals surface area contributed by atoms with Crippen LogP contribution in [0.25, 0.3) is 0 Å². The Labute approximate surface area is 193 Å². The van der Waals surface area contributed by atoms with Gasteiger partial charge < -0.3 is 4.74 Å². The lowest BCUT2D eigenvalue weighted by Crippen LogP contribution is -2.20. The highest BCUT2D eigenvalue weighted by Crippen LogP contribution is 2.39. The predicted octanol–water partition coefficient (Wildman–Crippen LogP) is 8.60. The van der Waals surface area contributed by atoms with Crippen LogP contribution < -0.4 is 4.74 Å². The van der Waals surface area contributed by atoms with Gasteiger partial charge in [-0.25, -0.2) is 4.39 Å². The Morgan fingerprint density at radius 3 is 2.25 bits per heavy atom. The fraction of sp³-hybridized carbons (Fsp3) is 0.655. The molecule has 176 valence electrons. The molecule has 0 bridgehead atoms. The van der Waals surface area contributed by atoms with Crippen molar-refractivity contribution in [3.05, 3.63) is 53.6 Å². The zero-order valence-electron chi connectivity index (χ0n) is 19.9. The smallest absolute Gasteiger partial charge is 0.200 e. The van der Waals surface area contributed by atoms with Crippen molar-refractivity contribution >= 4 is 0 Å². The quantitative estimate of drug-likeness (QED) is 0.401. The molecule has 0 amide bonds. The highest BCUT2D eigenvalue weighted by atomic mass is 19.2. The van der Waals surface area contributed by atoms with E-state index in [1.807, 2.05) is 0 Å². The van der Waals surface area contributed by atoms with Crippen molar-refractivity contribution < 1.29 is 13.5 Å². The topological polar surface area (TPSA) is 9.23 Å². The Morgan fingerprint density at radius 1 is 0.812 bits per heavy atom. The maximum atomic E-state index is 14.8.